The van der Waals surface area contributed by atoms with Gasteiger partial charge >= 0.3 is 0 Å². The molecule has 2 rings (SSSR count). The minimum Gasteiger partial charge on any atom is -0.325 e. The first-order valence-electron chi connectivity index (χ1n) is 4.68. The zero-order valence-electron chi connectivity index (χ0n) is 7.01. The molecule has 2 N–H and O–H groups in total. The Bertz CT molecular complexity index is 134. The second-order valence-corrected chi connectivity index (χ2v) is 5.15. The molecule has 1 heterocycles. The first-order chi connectivity index (χ1) is 5.31. The van der Waals surface area contributed by atoms with Gasteiger partial charge in [0.25, 0.3) is 0 Å². The fraction of sp³-hybridized carbons (Fsp3) is 1.00. The van der Waals surface area contributed by atoms with Gasteiger partial charge in [-0.05, 0) is 43.1 Å². The van der Waals surface area contributed by atoms with Crippen LogP contribution < -0.4 is 5.73 Å². The molecule has 0 aromatic heterocycles. The van der Waals surface area contributed by atoms with Gasteiger partial charge in [-0.15, -0.1) is 0 Å². The molecule has 0 radical (unpaired) electrons. The predicted octanol–water partition coefficient (Wildman–Crippen LogP) is 2.01. The van der Waals surface area contributed by atoms with Crippen LogP contribution in [0.4, 0.5) is 0 Å². The van der Waals surface area contributed by atoms with Crippen molar-refractivity contribution in [1.29, 1.82) is 0 Å². The minimum atomic E-state index is 0.289. The lowest BCUT2D eigenvalue weighted by molar-refractivity contribution is 0.410. The monoisotopic (exact) mass is 171 g/mol. The van der Waals surface area contributed by atoms with E-state index in [1.165, 1.54) is 43.6 Å². The van der Waals surface area contributed by atoms with Crippen LogP contribution in [0.25, 0.3) is 0 Å². The summed E-state index contributed by atoms with van der Waals surface area (Å²) in [7, 11) is 0. The van der Waals surface area contributed by atoms with Gasteiger partial charge in [0, 0.05) is 5.54 Å². The molecule has 1 saturated heterocycles. The maximum Gasteiger partial charge on any atom is 0.0192 e. The van der Waals surface area contributed by atoms with E-state index in [-0.39, 0.29) is 5.54 Å². The molecule has 64 valence electrons. The third-order valence-corrected chi connectivity index (χ3v) is 4.27. The lowest BCUT2D eigenvalue weighted by Gasteiger charge is -2.20. The van der Waals surface area contributed by atoms with Gasteiger partial charge in [-0.3, -0.25) is 0 Å². The molecular formula is C9H17NS. The zero-order chi connectivity index (χ0) is 7.73. The fourth-order valence-corrected chi connectivity index (χ4v) is 3.27. The number of nitrogens with two attached hydrogens (primary N) is 1. The molecule has 0 aromatic carbocycles. The van der Waals surface area contributed by atoms with Crippen molar-refractivity contribution in [2.45, 2.75) is 37.6 Å². The van der Waals surface area contributed by atoms with Crippen molar-refractivity contribution < 1.29 is 0 Å². The highest BCUT2D eigenvalue weighted by Gasteiger charge is 2.45. The number of rotatable bonds is 1. The maximum atomic E-state index is 6.18. The molecule has 1 unspecified atom stereocenters. The van der Waals surface area contributed by atoms with E-state index in [0.29, 0.717) is 0 Å². The summed E-state index contributed by atoms with van der Waals surface area (Å²) >= 11 is 2.11. The van der Waals surface area contributed by atoms with Crippen LogP contribution in [-0.2, 0) is 0 Å². The van der Waals surface area contributed by atoms with E-state index in [0.717, 1.165) is 5.92 Å². The summed E-state index contributed by atoms with van der Waals surface area (Å²) in [5.41, 5.74) is 6.47. The van der Waals surface area contributed by atoms with Crippen molar-refractivity contribution >= 4 is 11.8 Å². The van der Waals surface area contributed by atoms with Crippen molar-refractivity contribution in [2.75, 3.05) is 11.5 Å². The van der Waals surface area contributed by atoms with E-state index in [1.807, 2.05) is 0 Å². The zero-order valence-corrected chi connectivity index (χ0v) is 7.83. The summed E-state index contributed by atoms with van der Waals surface area (Å²) in [6.45, 7) is 0. The molecule has 2 aliphatic rings. The summed E-state index contributed by atoms with van der Waals surface area (Å²) in [6, 6.07) is 0. The quantitative estimate of drug-likeness (QED) is 0.653. The average molecular weight is 171 g/mol. The molecule has 2 fully saturated rings. The van der Waals surface area contributed by atoms with Crippen molar-refractivity contribution in [2.24, 2.45) is 11.7 Å². The van der Waals surface area contributed by atoms with Crippen molar-refractivity contribution in [3.8, 4) is 0 Å². The molecule has 1 nitrogen and oxygen atoms in total. The molecule has 0 spiro atoms. The van der Waals surface area contributed by atoms with E-state index >= 15 is 0 Å². The summed E-state index contributed by atoms with van der Waals surface area (Å²) in [6.07, 6.45) is 6.80. The van der Waals surface area contributed by atoms with E-state index in [9.17, 15) is 0 Å². The Labute approximate surface area is 73.1 Å². The fourth-order valence-electron chi connectivity index (χ4n) is 1.91. The van der Waals surface area contributed by atoms with Gasteiger partial charge in [0.15, 0.2) is 0 Å². The lowest BCUT2D eigenvalue weighted by atomic mass is 9.94. The highest BCUT2D eigenvalue weighted by atomic mass is 32.2. The Morgan fingerprint density at radius 2 is 2.09 bits per heavy atom. The highest BCUT2D eigenvalue weighted by molar-refractivity contribution is 7.99. The van der Waals surface area contributed by atoms with Gasteiger partial charge in [0.2, 0.25) is 0 Å². The van der Waals surface area contributed by atoms with Gasteiger partial charge in [0.05, 0.1) is 0 Å². The van der Waals surface area contributed by atoms with E-state index in [1.54, 1.807) is 0 Å². The SMILES string of the molecule is NC1(C2CCCCSC2)CC1. The number of thioether (sulfide) groups is 1. The Balaban J connectivity index is 1.90. The van der Waals surface area contributed by atoms with Gasteiger partial charge in [-0.1, -0.05) is 6.42 Å². The first kappa shape index (κ1) is 7.93. The van der Waals surface area contributed by atoms with Crippen LogP contribution in [0, 0.1) is 5.92 Å². The Morgan fingerprint density at radius 1 is 1.27 bits per heavy atom. The molecule has 1 aliphatic carbocycles. The van der Waals surface area contributed by atoms with Crippen molar-refractivity contribution in [3.05, 3.63) is 0 Å². The van der Waals surface area contributed by atoms with Crippen LogP contribution >= 0.6 is 11.8 Å². The molecule has 1 aliphatic heterocycles. The van der Waals surface area contributed by atoms with Gasteiger partial charge in [0.1, 0.15) is 0 Å². The third-order valence-electron chi connectivity index (χ3n) is 3.05. The normalized spacial score (nSPS) is 36.3. The van der Waals surface area contributed by atoms with Crippen molar-refractivity contribution in [3.63, 3.8) is 0 Å². The van der Waals surface area contributed by atoms with Crippen molar-refractivity contribution in [1.82, 2.24) is 0 Å². The van der Waals surface area contributed by atoms with Crippen LogP contribution in [0.15, 0.2) is 0 Å². The first-order valence-corrected chi connectivity index (χ1v) is 5.83. The standard InChI is InChI=1S/C9H17NS/c10-9(4-5-9)8-3-1-2-6-11-7-8/h8H,1-7,10H2. The summed E-state index contributed by atoms with van der Waals surface area (Å²) in [4.78, 5) is 0. The second-order valence-electron chi connectivity index (χ2n) is 4.00. The number of hydrogen-bond donors (Lipinski definition) is 1. The topological polar surface area (TPSA) is 26.0 Å². The molecule has 1 saturated carbocycles. The highest BCUT2D eigenvalue weighted by Crippen LogP contribution is 2.44. The van der Waals surface area contributed by atoms with Crippen LogP contribution in [0.3, 0.4) is 0 Å². The Morgan fingerprint density at radius 3 is 2.82 bits per heavy atom. The average Bonchev–Trinajstić information content (AvgIpc) is 2.73. The van der Waals surface area contributed by atoms with Gasteiger partial charge < -0.3 is 5.73 Å². The van der Waals surface area contributed by atoms with Gasteiger partial charge in [-0.2, -0.15) is 11.8 Å². The summed E-state index contributed by atoms with van der Waals surface area (Å²) in [5, 5.41) is 0. The van der Waals surface area contributed by atoms with E-state index < -0.39 is 0 Å². The molecule has 2 heteroatoms. The Hall–Kier alpha value is 0.310. The van der Waals surface area contributed by atoms with E-state index in [2.05, 4.69) is 11.8 Å². The second kappa shape index (κ2) is 2.98. The molecule has 11 heavy (non-hydrogen) atoms. The molecule has 1 atom stereocenters. The molecule has 0 bridgehead atoms. The predicted molar refractivity (Wildman–Crippen MR) is 50.8 cm³/mol. The maximum absolute atomic E-state index is 6.18. The summed E-state index contributed by atoms with van der Waals surface area (Å²) in [5.74, 6) is 3.54. The third kappa shape index (κ3) is 1.73. The summed E-state index contributed by atoms with van der Waals surface area (Å²) < 4.78 is 0. The van der Waals surface area contributed by atoms with Crippen LogP contribution in [0.1, 0.15) is 32.1 Å². The van der Waals surface area contributed by atoms with Crippen LogP contribution in [0.5, 0.6) is 0 Å². The van der Waals surface area contributed by atoms with Gasteiger partial charge in [-0.25, -0.2) is 0 Å². The molecule has 0 aromatic rings. The molecule has 0 amide bonds. The van der Waals surface area contributed by atoms with E-state index in [4.69, 9.17) is 5.73 Å². The minimum absolute atomic E-state index is 0.289. The number of hydrogen-bond acceptors (Lipinski definition) is 2. The smallest absolute Gasteiger partial charge is 0.0192 e. The van der Waals surface area contributed by atoms with Crippen LogP contribution in [0.2, 0.25) is 0 Å². The largest absolute Gasteiger partial charge is 0.325 e. The molecular weight excluding hydrogens is 154 g/mol. The lowest BCUT2D eigenvalue weighted by Crippen LogP contribution is -2.33. The Kier molecular flexibility index (Phi) is 2.15. The van der Waals surface area contributed by atoms with Crippen LogP contribution in [-0.4, -0.2) is 17.0 Å².